The zero-order valence-electron chi connectivity index (χ0n) is 64.7. The normalized spacial score (nSPS) is 10.5. The SMILES string of the molecule is O=C(/C=C/c1ccc(O)c(O)c1)NCCc1ccc(O)c(O)c1.O=C(/C=C/c1ccc(O)c(O)c1)Nc1ccc(O)c(O)c1.O=C(CCC(=O)NCCc1ccc(O)c(O)c1)NCCc1ccc(O)c(O)c1.O=C(NCCc1ccc(O)c(O)c1)C(=O)NCCc1ccc(O)c(O)c1.O=C(NCc1ccc(O)c(O)c1)C(=O)NCc1ccc(O)c(O)c1. The maximum Gasteiger partial charge on any atom is 0.309 e. The number of nitrogens with one attached hydrogen (secondary N) is 8. The van der Waals surface area contributed by atoms with Crippen LogP contribution in [-0.2, 0) is 83.5 Å². The standard InChI is InChI=1S/C20H24N2O6.C18H20N2O6.C17H17NO5.C16H16N2O6.C15H13NO5/c23-15-3-1-13(11-17(15)25)7-9-21-19(27)5-6-20(28)22-10-8-14-2-4-16(24)18(26)12-14;21-13-3-1-11(9-15(13)23)5-7-19-17(25)18(26)20-8-6-12-2-4-14(22)16(24)10-12;19-13-4-1-11(9-15(13)21)3-6-17(23)18-8-7-12-2-5-14(20)16(22)10-12;19-11-3-1-9(5-13(11)21)7-17-15(23)16(24)18-8-10-2-4-12(20)14(22)6-10;17-11-4-1-9(7-13(11)19)2-6-15(21)16-10-3-5-12(18)14(20)8-10/h1-4,11-12,23-26H,5-10H2,(H,21,27)(H,22,28);1-4,9-10,21-24H,5-8H2,(H,19,25)(H,20,26);1-6,9-10,19-22H,7-8H2,(H,18,23);1-6,19-22H,7-8H2,(H,17,23)(H,18,24);1-8,17-20H,(H,16,21)/b;;6-3+;;6-2+. The van der Waals surface area contributed by atoms with E-state index in [1.54, 1.807) is 36.4 Å². The van der Waals surface area contributed by atoms with E-state index in [1.807, 2.05) is 0 Å². The van der Waals surface area contributed by atoms with Crippen LogP contribution in [0.15, 0.2) is 194 Å². The van der Waals surface area contributed by atoms with Crippen LogP contribution in [0.2, 0.25) is 0 Å². The van der Waals surface area contributed by atoms with E-state index in [0.29, 0.717) is 90.8 Å². The van der Waals surface area contributed by atoms with E-state index in [-0.39, 0.29) is 172 Å². The fourth-order valence-corrected chi connectivity index (χ4v) is 10.2. The summed E-state index contributed by atoms with van der Waals surface area (Å²) in [5, 5.41) is 206. The molecule has 642 valence electrons. The van der Waals surface area contributed by atoms with Crippen LogP contribution in [0, 0.1) is 0 Å². The molecule has 0 aliphatic heterocycles. The van der Waals surface area contributed by atoms with Gasteiger partial charge in [0.1, 0.15) is 0 Å². The summed E-state index contributed by atoms with van der Waals surface area (Å²) in [4.78, 5) is 93.7. The molecule has 10 rings (SSSR count). The van der Waals surface area contributed by atoms with Gasteiger partial charge >= 0.3 is 23.6 Å². The molecule has 122 heavy (non-hydrogen) atoms. The minimum atomic E-state index is -0.870. The Morgan fingerprint density at radius 2 is 0.451 bits per heavy atom. The van der Waals surface area contributed by atoms with E-state index in [2.05, 4.69) is 42.5 Å². The summed E-state index contributed by atoms with van der Waals surface area (Å²) < 4.78 is 0. The molecule has 0 saturated carbocycles. The highest BCUT2D eigenvalue weighted by atomic mass is 16.3. The van der Waals surface area contributed by atoms with Gasteiger partial charge in [0.25, 0.3) is 0 Å². The van der Waals surface area contributed by atoms with Crippen LogP contribution in [0.1, 0.15) is 62.9 Å². The van der Waals surface area contributed by atoms with E-state index in [1.165, 1.54) is 170 Å². The van der Waals surface area contributed by atoms with E-state index < -0.39 is 29.5 Å². The summed E-state index contributed by atoms with van der Waals surface area (Å²) >= 11 is 0. The number of hydrogen-bond acceptors (Lipinski definition) is 28. The Balaban J connectivity index is 0.000000237. The lowest BCUT2D eigenvalue weighted by atomic mass is 10.1. The van der Waals surface area contributed by atoms with Crippen LogP contribution in [-0.4, -0.2) is 182 Å². The molecule has 10 aromatic carbocycles. The number of aromatic hydroxyl groups is 20. The zero-order valence-corrected chi connectivity index (χ0v) is 64.7. The molecule has 0 radical (unpaired) electrons. The average molecular weight is 1680 g/mol. The first-order valence-corrected chi connectivity index (χ1v) is 36.7. The van der Waals surface area contributed by atoms with Crippen molar-refractivity contribution >= 4 is 65.1 Å². The predicted octanol–water partition coefficient (Wildman–Crippen LogP) is 6.32. The molecule has 8 amide bonds. The highest BCUT2D eigenvalue weighted by Gasteiger charge is 2.17. The summed E-state index contributed by atoms with van der Waals surface area (Å²) in [6.07, 6.45) is 7.91. The second-order valence-electron chi connectivity index (χ2n) is 26.2. The summed E-state index contributed by atoms with van der Waals surface area (Å²) in [7, 11) is 0. The van der Waals surface area contributed by atoms with Crippen LogP contribution >= 0.6 is 0 Å². The third kappa shape index (κ3) is 33.3. The lowest BCUT2D eigenvalue weighted by Gasteiger charge is -2.08. The summed E-state index contributed by atoms with van der Waals surface area (Å²) in [5.74, 6) is -9.44. The minimum Gasteiger partial charge on any atom is -0.504 e. The maximum atomic E-state index is 11.8. The van der Waals surface area contributed by atoms with Crippen molar-refractivity contribution in [2.45, 2.75) is 58.0 Å². The Morgan fingerprint density at radius 3 is 0.738 bits per heavy atom. The minimum absolute atomic E-state index is 0.0000901. The fraction of sp³-hybridized carbons (Fsp3) is 0.163. The third-order valence-electron chi connectivity index (χ3n) is 16.9. The molecular weight excluding hydrogens is 1590 g/mol. The van der Waals surface area contributed by atoms with Gasteiger partial charge in [-0.2, -0.15) is 0 Å². The molecule has 0 heterocycles. The van der Waals surface area contributed by atoms with E-state index in [0.717, 1.165) is 16.7 Å². The van der Waals surface area contributed by atoms with Crippen molar-refractivity contribution in [3.63, 3.8) is 0 Å². The summed E-state index contributed by atoms with van der Waals surface area (Å²) in [6.45, 7) is 1.48. The van der Waals surface area contributed by atoms with Crippen molar-refractivity contribution < 1.29 is 140 Å². The molecular formula is C86H90N8O28. The Kier molecular flexibility index (Phi) is 36.7. The number of carbonyl (C=O) groups excluding carboxylic acids is 8. The number of phenols is 20. The van der Waals surface area contributed by atoms with Crippen molar-refractivity contribution in [2.75, 3.05) is 38.0 Å². The Morgan fingerprint density at radius 1 is 0.221 bits per heavy atom. The van der Waals surface area contributed by atoms with Crippen LogP contribution in [0.3, 0.4) is 0 Å². The van der Waals surface area contributed by atoms with Gasteiger partial charge in [-0.05, 0) is 216 Å². The molecule has 10 aromatic rings. The van der Waals surface area contributed by atoms with Gasteiger partial charge in [0.15, 0.2) is 115 Å². The molecule has 36 heteroatoms. The molecule has 0 atom stereocenters. The van der Waals surface area contributed by atoms with E-state index >= 15 is 0 Å². The Labute approximate surface area is 695 Å². The van der Waals surface area contributed by atoms with Gasteiger partial charge in [-0.1, -0.05) is 54.6 Å². The number of amides is 8. The maximum absolute atomic E-state index is 11.8. The van der Waals surface area contributed by atoms with E-state index in [4.69, 9.17) is 10.2 Å². The molecule has 36 nitrogen and oxygen atoms in total. The van der Waals surface area contributed by atoms with E-state index in [9.17, 15) is 130 Å². The van der Waals surface area contributed by atoms with Gasteiger partial charge in [0.05, 0.1) is 0 Å². The highest BCUT2D eigenvalue weighted by Crippen LogP contribution is 2.33. The monoisotopic (exact) mass is 1680 g/mol. The van der Waals surface area contributed by atoms with Gasteiger partial charge in [-0.15, -0.1) is 0 Å². The zero-order chi connectivity index (χ0) is 89.5. The first kappa shape index (κ1) is 94.3. The molecule has 0 aliphatic rings. The smallest absolute Gasteiger partial charge is 0.309 e. The van der Waals surface area contributed by atoms with Gasteiger partial charge in [0.2, 0.25) is 23.6 Å². The number of phenolic OH excluding ortho intramolecular Hbond substituents is 20. The van der Waals surface area contributed by atoms with Gasteiger partial charge in [-0.25, -0.2) is 0 Å². The molecule has 0 aliphatic carbocycles. The van der Waals surface area contributed by atoms with Crippen molar-refractivity contribution in [3.05, 3.63) is 244 Å². The van der Waals surface area contributed by atoms with Crippen LogP contribution in [0.4, 0.5) is 5.69 Å². The fourth-order valence-electron chi connectivity index (χ4n) is 10.2. The number of hydrogen-bond donors (Lipinski definition) is 28. The molecule has 0 unspecified atom stereocenters. The summed E-state index contributed by atoms with van der Waals surface area (Å²) in [6, 6.07) is 42.5. The third-order valence-corrected chi connectivity index (χ3v) is 16.9. The van der Waals surface area contributed by atoms with Crippen molar-refractivity contribution in [1.82, 2.24) is 37.2 Å². The van der Waals surface area contributed by atoms with Crippen molar-refractivity contribution in [3.8, 4) is 115 Å². The molecule has 0 aromatic heterocycles. The summed E-state index contributed by atoms with van der Waals surface area (Å²) in [5.41, 5.74) is 6.20. The molecule has 0 saturated heterocycles. The lowest BCUT2D eigenvalue weighted by Crippen LogP contribution is -2.41. The first-order chi connectivity index (χ1) is 58.0. The molecule has 0 fully saturated rings. The number of benzene rings is 10. The molecule has 0 bridgehead atoms. The van der Waals surface area contributed by atoms with Crippen LogP contribution in [0.5, 0.6) is 115 Å². The molecule has 28 N–H and O–H groups in total. The average Bonchev–Trinajstić information content (AvgIpc) is 0.880. The number of rotatable bonds is 27. The highest BCUT2D eigenvalue weighted by molar-refractivity contribution is 6.35. The first-order valence-electron chi connectivity index (χ1n) is 36.7. The quantitative estimate of drug-likeness (QED) is 0.0116. The van der Waals surface area contributed by atoms with Crippen LogP contribution < -0.4 is 42.5 Å². The van der Waals surface area contributed by atoms with Crippen molar-refractivity contribution in [1.29, 1.82) is 0 Å². The second kappa shape index (κ2) is 47.5. The van der Waals surface area contributed by atoms with Gasteiger partial charge in [-0.3, -0.25) is 38.4 Å². The second-order valence-corrected chi connectivity index (χ2v) is 26.2. The van der Waals surface area contributed by atoms with Gasteiger partial charge in [0, 0.05) is 82.6 Å². The Bertz CT molecular complexity index is 5190. The van der Waals surface area contributed by atoms with Crippen molar-refractivity contribution in [2.24, 2.45) is 0 Å². The van der Waals surface area contributed by atoms with Gasteiger partial charge < -0.3 is 145 Å². The predicted molar refractivity (Wildman–Crippen MR) is 441 cm³/mol. The van der Waals surface area contributed by atoms with Crippen LogP contribution in [0.25, 0.3) is 12.2 Å². The largest absolute Gasteiger partial charge is 0.504 e. The number of carbonyl (C=O) groups is 8. The number of anilines is 1. The topological polar surface area (TPSA) is 637 Å². The molecule has 0 spiro atoms. The Hall–Kier alpha value is -16.6. The lowest BCUT2D eigenvalue weighted by molar-refractivity contribution is -0.139.